The third kappa shape index (κ3) is 3.31. The Labute approximate surface area is 128 Å². The van der Waals surface area contributed by atoms with Crippen molar-refractivity contribution in [2.75, 3.05) is 0 Å². The molecule has 5 heteroatoms. The van der Waals surface area contributed by atoms with Crippen LogP contribution < -0.4 is 0 Å². The molecule has 0 spiro atoms. The number of hydrogen-bond donors (Lipinski definition) is 2. The molecule has 0 aliphatic carbocycles. The Bertz CT molecular complexity index is 683. The number of aryl methyl sites for hydroxylation is 2. The monoisotopic (exact) mass is 299 g/mol. The summed E-state index contributed by atoms with van der Waals surface area (Å²) >= 11 is 0. The molecule has 0 fully saturated rings. The number of carbonyl (C=O) groups is 2. The number of benzene rings is 1. The third-order valence-electron chi connectivity index (χ3n) is 3.53. The minimum absolute atomic E-state index is 0.185. The van der Waals surface area contributed by atoms with Gasteiger partial charge in [0.15, 0.2) is 0 Å². The van der Waals surface area contributed by atoms with Crippen LogP contribution in [0.4, 0.5) is 0 Å². The summed E-state index contributed by atoms with van der Waals surface area (Å²) in [6.45, 7) is 3.50. The number of rotatable bonds is 5. The number of hydrogen-bond acceptors (Lipinski definition) is 3. The van der Waals surface area contributed by atoms with E-state index >= 15 is 0 Å². The molecule has 2 N–H and O–H groups in total. The fourth-order valence-electron chi connectivity index (χ4n) is 2.62. The van der Waals surface area contributed by atoms with Crippen LogP contribution >= 0.6 is 0 Å². The van der Waals surface area contributed by atoms with Crippen molar-refractivity contribution in [2.24, 2.45) is 0 Å². The fraction of sp³-hybridized carbons (Fsp3) is 0.235. The molecular weight excluding hydrogens is 282 g/mol. The van der Waals surface area contributed by atoms with Crippen LogP contribution in [-0.2, 0) is 22.4 Å². The number of pyridine rings is 1. The Morgan fingerprint density at radius 3 is 1.77 bits per heavy atom. The van der Waals surface area contributed by atoms with Gasteiger partial charge in [0.05, 0.1) is 12.8 Å². The molecule has 0 saturated carbocycles. The van der Waals surface area contributed by atoms with Crippen molar-refractivity contribution in [1.82, 2.24) is 4.98 Å². The van der Waals surface area contributed by atoms with Gasteiger partial charge in [0.2, 0.25) is 0 Å². The van der Waals surface area contributed by atoms with Crippen LogP contribution in [0.25, 0.3) is 11.1 Å². The van der Waals surface area contributed by atoms with Crippen molar-refractivity contribution in [2.45, 2.75) is 26.7 Å². The normalized spacial score (nSPS) is 10.5. The summed E-state index contributed by atoms with van der Waals surface area (Å²) in [7, 11) is 0. The fourth-order valence-corrected chi connectivity index (χ4v) is 2.62. The van der Waals surface area contributed by atoms with E-state index in [4.69, 9.17) is 10.2 Å². The topological polar surface area (TPSA) is 87.5 Å². The van der Waals surface area contributed by atoms with Crippen LogP contribution in [0.5, 0.6) is 0 Å². The number of nitrogens with zero attached hydrogens (tertiary/aromatic N) is 1. The van der Waals surface area contributed by atoms with E-state index in [9.17, 15) is 9.59 Å². The predicted octanol–water partition coefficient (Wildman–Crippen LogP) is 2.62. The zero-order valence-corrected chi connectivity index (χ0v) is 12.5. The van der Waals surface area contributed by atoms with Gasteiger partial charge in [-0.3, -0.25) is 14.6 Å². The number of carboxylic acids is 2. The zero-order valence-electron chi connectivity index (χ0n) is 12.5. The second-order valence-electron chi connectivity index (χ2n) is 5.12. The molecule has 2 aromatic rings. The van der Waals surface area contributed by atoms with Crippen molar-refractivity contribution in [3.05, 3.63) is 52.8 Å². The Balaban J connectivity index is 2.77. The highest BCUT2D eigenvalue weighted by molar-refractivity contribution is 5.82. The van der Waals surface area contributed by atoms with E-state index in [1.807, 2.05) is 30.3 Å². The minimum atomic E-state index is -0.966. The Kier molecular flexibility index (Phi) is 4.56. The van der Waals surface area contributed by atoms with Crippen molar-refractivity contribution < 1.29 is 19.8 Å². The lowest BCUT2D eigenvalue weighted by molar-refractivity contribution is -0.137. The van der Waals surface area contributed by atoms with Crippen LogP contribution in [0.15, 0.2) is 30.3 Å². The number of aromatic nitrogens is 1. The van der Waals surface area contributed by atoms with Crippen molar-refractivity contribution >= 4 is 11.9 Å². The van der Waals surface area contributed by atoms with Gasteiger partial charge in [0.1, 0.15) is 0 Å². The van der Waals surface area contributed by atoms with Gasteiger partial charge in [-0.15, -0.1) is 0 Å². The number of aliphatic carboxylic acids is 2. The van der Waals surface area contributed by atoms with Crippen LogP contribution in [-0.4, -0.2) is 27.1 Å². The first-order valence-electron chi connectivity index (χ1n) is 6.88. The zero-order chi connectivity index (χ0) is 16.3. The summed E-state index contributed by atoms with van der Waals surface area (Å²) in [5, 5.41) is 18.3. The van der Waals surface area contributed by atoms with E-state index in [-0.39, 0.29) is 12.8 Å². The molecule has 5 nitrogen and oxygen atoms in total. The largest absolute Gasteiger partial charge is 0.481 e. The molecule has 0 atom stereocenters. The van der Waals surface area contributed by atoms with Gasteiger partial charge in [-0.1, -0.05) is 30.3 Å². The molecule has 0 unspecified atom stereocenters. The molecule has 0 aliphatic rings. The van der Waals surface area contributed by atoms with E-state index in [1.165, 1.54) is 0 Å². The first-order valence-corrected chi connectivity index (χ1v) is 6.88. The summed E-state index contributed by atoms with van der Waals surface area (Å²) in [6, 6.07) is 9.25. The molecule has 1 aromatic carbocycles. The van der Waals surface area contributed by atoms with Gasteiger partial charge >= 0.3 is 11.9 Å². The summed E-state index contributed by atoms with van der Waals surface area (Å²) < 4.78 is 0. The first kappa shape index (κ1) is 15.7. The van der Waals surface area contributed by atoms with Crippen molar-refractivity contribution in [3.8, 4) is 11.1 Å². The summed E-state index contributed by atoms with van der Waals surface area (Å²) in [5.74, 6) is -1.93. The highest BCUT2D eigenvalue weighted by Gasteiger charge is 2.20. The Morgan fingerprint density at radius 2 is 1.36 bits per heavy atom. The lowest BCUT2D eigenvalue weighted by Crippen LogP contribution is -2.12. The Hall–Kier alpha value is -2.69. The van der Waals surface area contributed by atoms with Crippen molar-refractivity contribution in [1.29, 1.82) is 0 Å². The second-order valence-corrected chi connectivity index (χ2v) is 5.12. The number of carboxylic acid groups (broad SMARTS) is 2. The molecule has 0 saturated heterocycles. The molecule has 0 radical (unpaired) electrons. The van der Waals surface area contributed by atoms with Gasteiger partial charge in [-0.2, -0.15) is 0 Å². The van der Waals surface area contributed by atoms with E-state index in [0.717, 1.165) is 5.56 Å². The van der Waals surface area contributed by atoms with Crippen molar-refractivity contribution in [3.63, 3.8) is 0 Å². The molecular formula is C17H17NO4. The SMILES string of the molecule is Cc1nc(C)c(CC(=O)O)c(-c2ccccc2)c1CC(=O)O. The lowest BCUT2D eigenvalue weighted by Gasteiger charge is -2.18. The standard InChI is InChI=1S/C17H17NO4/c1-10-13(8-15(19)20)17(12-6-4-3-5-7-12)14(9-16(21)22)11(2)18-10/h3-7H,8-9H2,1-2H3,(H,19,20)(H,21,22). The van der Waals surface area contributed by atoms with Gasteiger partial charge in [-0.25, -0.2) is 0 Å². The average Bonchev–Trinajstić information content (AvgIpc) is 2.44. The predicted molar refractivity (Wildman–Crippen MR) is 81.8 cm³/mol. The molecule has 1 heterocycles. The molecule has 0 aliphatic heterocycles. The molecule has 114 valence electrons. The smallest absolute Gasteiger partial charge is 0.307 e. The second kappa shape index (κ2) is 6.39. The van der Waals surface area contributed by atoms with E-state index in [1.54, 1.807) is 13.8 Å². The molecule has 2 rings (SSSR count). The summed E-state index contributed by atoms with van der Waals surface area (Å²) in [6.07, 6.45) is -0.369. The van der Waals surface area contributed by atoms with Crippen LogP contribution in [0.1, 0.15) is 22.5 Å². The quantitative estimate of drug-likeness (QED) is 0.886. The third-order valence-corrected chi connectivity index (χ3v) is 3.53. The van der Waals surface area contributed by atoms with E-state index < -0.39 is 11.9 Å². The summed E-state index contributed by atoms with van der Waals surface area (Å²) in [4.78, 5) is 26.7. The first-order chi connectivity index (χ1) is 10.4. The van der Waals surface area contributed by atoms with Crippen LogP contribution in [0.2, 0.25) is 0 Å². The maximum atomic E-state index is 11.2. The van der Waals surface area contributed by atoms with E-state index in [0.29, 0.717) is 28.1 Å². The van der Waals surface area contributed by atoms with Gasteiger partial charge in [0.25, 0.3) is 0 Å². The van der Waals surface area contributed by atoms with Gasteiger partial charge < -0.3 is 10.2 Å². The summed E-state index contributed by atoms with van der Waals surface area (Å²) in [5.41, 5.74) is 3.86. The molecule has 22 heavy (non-hydrogen) atoms. The van der Waals surface area contributed by atoms with Gasteiger partial charge in [-0.05, 0) is 36.1 Å². The van der Waals surface area contributed by atoms with E-state index in [2.05, 4.69) is 4.98 Å². The average molecular weight is 299 g/mol. The van der Waals surface area contributed by atoms with Crippen LogP contribution in [0.3, 0.4) is 0 Å². The Morgan fingerprint density at radius 1 is 0.909 bits per heavy atom. The lowest BCUT2D eigenvalue weighted by atomic mass is 9.90. The molecule has 1 aromatic heterocycles. The molecule has 0 amide bonds. The van der Waals surface area contributed by atoms with Gasteiger partial charge in [0, 0.05) is 11.4 Å². The highest BCUT2D eigenvalue weighted by Crippen LogP contribution is 2.32. The minimum Gasteiger partial charge on any atom is -0.481 e. The maximum absolute atomic E-state index is 11.2. The van der Waals surface area contributed by atoms with Crippen LogP contribution in [0, 0.1) is 13.8 Å². The maximum Gasteiger partial charge on any atom is 0.307 e. The highest BCUT2D eigenvalue weighted by atomic mass is 16.4. The molecule has 0 bridgehead atoms.